The first-order valence-corrected chi connectivity index (χ1v) is 5.22. The van der Waals surface area contributed by atoms with Crippen molar-refractivity contribution >= 4 is 39.3 Å². The zero-order chi connectivity index (χ0) is 11.2. The molecule has 0 saturated carbocycles. The second-order valence-electron chi connectivity index (χ2n) is 3.49. The van der Waals surface area contributed by atoms with E-state index in [1.165, 1.54) is 0 Å². The van der Waals surface area contributed by atoms with Crippen molar-refractivity contribution in [3.05, 3.63) is 34.5 Å². The molecule has 4 heteroatoms. The van der Waals surface area contributed by atoms with Crippen LogP contribution in [-0.4, -0.2) is 9.81 Å². The Kier molecular flexibility index (Phi) is 2.49. The van der Waals surface area contributed by atoms with Crippen molar-refractivity contribution in [1.29, 1.82) is 0 Å². The van der Waals surface area contributed by atoms with E-state index in [1.807, 2.05) is 19.1 Å². The van der Waals surface area contributed by atoms with Crippen molar-refractivity contribution in [2.45, 2.75) is 6.92 Å². The third-order valence-electron chi connectivity index (χ3n) is 2.55. The van der Waals surface area contributed by atoms with Crippen LogP contribution in [0.5, 0.6) is 0 Å². The van der Waals surface area contributed by atoms with E-state index >= 15 is 0 Å². The molecule has 2 aromatic rings. The molecule has 1 aromatic heterocycles. The number of hydrogen-bond acceptors (Lipinski definition) is 1. The van der Waals surface area contributed by atoms with Crippen LogP contribution in [0.4, 0.5) is 0 Å². The van der Waals surface area contributed by atoms with E-state index < -0.39 is 5.24 Å². The molecular formula is C11H9Cl2NO. The van der Waals surface area contributed by atoms with Gasteiger partial charge in [0.25, 0.3) is 5.24 Å². The van der Waals surface area contributed by atoms with E-state index in [1.54, 1.807) is 17.7 Å². The SMILES string of the molecule is Cc1ccc2c(cc(C(=O)Cl)n2C)c1Cl. The number of carbonyl (C=O) groups is 1. The van der Waals surface area contributed by atoms with Crippen LogP contribution in [0.15, 0.2) is 18.2 Å². The molecule has 0 aliphatic carbocycles. The van der Waals surface area contributed by atoms with Gasteiger partial charge in [-0.15, -0.1) is 0 Å². The largest absolute Gasteiger partial charge is 0.340 e. The van der Waals surface area contributed by atoms with Crippen LogP contribution in [0.1, 0.15) is 16.1 Å². The van der Waals surface area contributed by atoms with Gasteiger partial charge in [-0.1, -0.05) is 17.7 Å². The number of fused-ring (bicyclic) bond motifs is 1. The monoisotopic (exact) mass is 241 g/mol. The highest BCUT2D eigenvalue weighted by atomic mass is 35.5. The zero-order valence-corrected chi connectivity index (χ0v) is 9.86. The highest BCUT2D eigenvalue weighted by Crippen LogP contribution is 2.29. The van der Waals surface area contributed by atoms with Gasteiger partial charge in [0.05, 0.1) is 5.02 Å². The fraction of sp³-hybridized carbons (Fsp3) is 0.182. The Morgan fingerprint density at radius 3 is 2.67 bits per heavy atom. The van der Waals surface area contributed by atoms with Gasteiger partial charge >= 0.3 is 0 Å². The number of rotatable bonds is 1. The van der Waals surface area contributed by atoms with Gasteiger partial charge in [0.15, 0.2) is 0 Å². The number of aryl methyl sites for hydroxylation is 2. The molecule has 0 bridgehead atoms. The summed E-state index contributed by atoms with van der Waals surface area (Å²) in [6.45, 7) is 1.93. The molecule has 0 N–H and O–H groups in total. The van der Waals surface area contributed by atoms with E-state index in [0.717, 1.165) is 16.5 Å². The highest BCUT2D eigenvalue weighted by Gasteiger charge is 2.13. The first-order valence-electron chi connectivity index (χ1n) is 4.46. The standard InChI is InChI=1S/C11H9Cl2NO/c1-6-3-4-8-7(10(6)12)5-9(11(13)15)14(8)2/h3-5H,1-2H3. The van der Waals surface area contributed by atoms with E-state index in [2.05, 4.69) is 0 Å². The number of carbonyl (C=O) groups excluding carboxylic acids is 1. The first kappa shape index (κ1) is 10.5. The smallest absolute Gasteiger partial charge is 0.268 e. The summed E-state index contributed by atoms with van der Waals surface area (Å²) in [5.41, 5.74) is 2.36. The molecular weight excluding hydrogens is 233 g/mol. The summed E-state index contributed by atoms with van der Waals surface area (Å²) >= 11 is 11.6. The molecule has 0 aliphatic heterocycles. The van der Waals surface area contributed by atoms with Gasteiger partial charge in [-0.25, -0.2) is 0 Å². The van der Waals surface area contributed by atoms with Crippen molar-refractivity contribution < 1.29 is 4.79 Å². The highest BCUT2D eigenvalue weighted by molar-refractivity contribution is 6.67. The molecule has 0 spiro atoms. The van der Waals surface area contributed by atoms with Crippen LogP contribution in [-0.2, 0) is 7.05 Å². The molecule has 2 rings (SSSR count). The van der Waals surface area contributed by atoms with E-state index in [4.69, 9.17) is 23.2 Å². The fourth-order valence-corrected chi connectivity index (χ4v) is 2.07. The topological polar surface area (TPSA) is 22.0 Å². The van der Waals surface area contributed by atoms with Gasteiger partial charge in [-0.2, -0.15) is 0 Å². The minimum absolute atomic E-state index is 0.458. The number of aromatic nitrogens is 1. The Hall–Kier alpha value is -0.990. The molecule has 0 fully saturated rings. The molecule has 0 atom stereocenters. The summed E-state index contributed by atoms with van der Waals surface area (Å²) < 4.78 is 1.75. The summed E-state index contributed by atoms with van der Waals surface area (Å²) in [5.74, 6) is 0. The van der Waals surface area contributed by atoms with Crippen molar-refractivity contribution in [1.82, 2.24) is 4.57 Å². The first-order chi connectivity index (χ1) is 7.02. The maximum atomic E-state index is 11.1. The lowest BCUT2D eigenvalue weighted by Gasteiger charge is -2.01. The summed E-state index contributed by atoms with van der Waals surface area (Å²) in [4.78, 5) is 11.1. The van der Waals surface area contributed by atoms with Crippen LogP contribution < -0.4 is 0 Å². The minimum Gasteiger partial charge on any atom is -0.340 e. The molecule has 0 unspecified atom stereocenters. The van der Waals surface area contributed by atoms with Crippen molar-refractivity contribution in [3.63, 3.8) is 0 Å². The Balaban J connectivity index is 2.88. The fourth-order valence-electron chi connectivity index (χ4n) is 1.67. The zero-order valence-electron chi connectivity index (χ0n) is 8.34. The van der Waals surface area contributed by atoms with Crippen LogP contribution >= 0.6 is 23.2 Å². The van der Waals surface area contributed by atoms with Gasteiger partial charge in [0.1, 0.15) is 5.69 Å². The molecule has 0 aliphatic rings. The molecule has 0 amide bonds. The van der Waals surface area contributed by atoms with Crippen LogP contribution in [0.2, 0.25) is 5.02 Å². The van der Waals surface area contributed by atoms with Gasteiger partial charge < -0.3 is 4.57 Å². The average molecular weight is 242 g/mol. The maximum Gasteiger partial charge on any atom is 0.268 e. The molecule has 1 aromatic carbocycles. The number of benzene rings is 1. The second kappa shape index (κ2) is 3.54. The number of nitrogens with zero attached hydrogens (tertiary/aromatic N) is 1. The van der Waals surface area contributed by atoms with E-state index in [9.17, 15) is 4.79 Å². The van der Waals surface area contributed by atoms with Gasteiger partial charge in [-0.3, -0.25) is 4.79 Å². The average Bonchev–Trinajstić information content (AvgIpc) is 2.51. The Morgan fingerprint density at radius 2 is 2.07 bits per heavy atom. The summed E-state index contributed by atoms with van der Waals surface area (Å²) in [6.07, 6.45) is 0. The van der Waals surface area contributed by atoms with Crippen molar-refractivity contribution in [2.24, 2.45) is 7.05 Å². The maximum absolute atomic E-state index is 11.1. The van der Waals surface area contributed by atoms with Gasteiger partial charge in [0, 0.05) is 18.0 Å². The molecule has 0 saturated heterocycles. The summed E-state index contributed by atoms with van der Waals surface area (Å²) in [7, 11) is 1.80. The summed E-state index contributed by atoms with van der Waals surface area (Å²) in [5, 5.41) is 1.07. The van der Waals surface area contributed by atoms with Crippen LogP contribution in [0.3, 0.4) is 0 Å². The van der Waals surface area contributed by atoms with Crippen LogP contribution in [0, 0.1) is 6.92 Å². The molecule has 1 heterocycles. The molecule has 2 nitrogen and oxygen atoms in total. The molecule has 78 valence electrons. The normalized spacial score (nSPS) is 10.9. The number of hydrogen-bond donors (Lipinski definition) is 0. The quantitative estimate of drug-likeness (QED) is 0.701. The van der Waals surface area contributed by atoms with Crippen molar-refractivity contribution in [3.8, 4) is 0 Å². The summed E-state index contributed by atoms with van der Waals surface area (Å²) in [6, 6.07) is 5.58. The Labute approximate surface area is 97.4 Å². The predicted molar refractivity (Wildman–Crippen MR) is 62.8 cm³/mol. The lowest BCUT2D eigenvalue weighted by Crippen LogP contribution is -1.98. The van der Waals surface area contributed by atoms with E-state index in [-0.39, 0.29) is 0 Å². The molecule has 0 radical (unpaired) electrons. The molecule has 15 heavy (non-hydrogen) atoms. The lowest BCUT2D eigenvalue weighted by atomic mass is 10.2. The van der Waals surface area contributed by atoms with Crippen molar-refractivity contribution in [2.75, 3.05) is 0 Å². The Bertz CT molecular complexity index is 557. The van der Waals surface area contributed by atoms with Gasteiger partial charge in [0.2, 0.25) is 0 Å². The minimum atomic E-state index is -0.470. The van der Waals surface area contributed by atoms with Gasteiger partial charge in [-0.05, 0) is 36.2 Å². The lowest BCUT2D eigenvalue weighted by molar-refractivity contribution is 0.107. The number of halogens is 2. The third kappa shape index (κ3) is 1.54. The van der Waals surface area contributed by atoms with E-state index in [0.29, 0.717) is 10.7 Å². The predicted octanol–water partition coefficient (Wildman–Crippen LogP) is 3.52. The third-order valence-corrected chi connectivity index (χ3v) is 3.25. The van der Waals surface area contributed by atoms with Crippen LogP contribution in [0.25, 0.3) is 10.9 Å². The Morgan fingerprint density at radius 1 is 1.40 bits per heavy atom. The second-order valence-corrected chi connectivity index (χ2v) is 4.21.